The van der Waals surface area contributed by atoms with Crippen LogP contribution in [0.15, 0.2) is 84.9 Å². The van der Waals surface area contributed by atoms with E-state index in [1.165, 1.54) is 64.4 Å². The quantitative estimate of drug-likeness (QED) is 0.0678. The predicted octanol–water partition coefficient (Wildman–Crippen LogP) is 11.3. The van der Waals surface area contributed by atoms with Crippen LogP contribution in [0.25, 0.3) is 41.8 Å². The highest BCUT2D eigenvalue weighted by Gasteiger charge is 2.10. The van der Waals surface area contributed by atoms with E-state index in [1.807, 2.05) is 34.0 Å². The van der Waals surface area contributed by atoms with Crippen LogP contribution >= 0.6 is 34.0 Å². The zero-order chi connectivity index (χ0) is 32.5. The molecule has 5 aromatic rings. The van der Waals surface area contributed by atoms with Crippen molar-refractivity contribution in [2.24, 2.45) is 0 Å². The molecular weight excluding hydrogens is 641 g/mol. The minimum atomic E-state index is 0.669. The number of ether oxygens (including phenoxy) is 4. The molecule has 3 aromatic heterocycles. The highest BCUT2D eigenvalue weighted by molar-refractivity contribution is 7.23. The summed E-state index contributed by atoms with van der Waals surface area (Å²) in [4.78, 5) is 7.95. The van der Waals surface area contributed by atoms with E-state index >= 15 is 0 Å². The molecule has 0 saturated carbocycles. The van der Waals surface area contributed by atoms with Gasteiger partial charge in [-0.05, 0) is 71.5 Å². The Labute approximate surface area is 293 Å². The van der Waals surface area contributed by atoms with Crippen LogP contribution in [0.2, 0.25) is 0 Å². The first-order valence-corrected chi connectivity index (χ1v) is 19.5. The fourth-order valence-corrected chi connectivity index (χ4v) is 8.16. The molecule has 47 heavy (non-hydrogen) atoms. The molecule has 0 aliphatic rings. The molecule has 5 rings (SSSR count). The third-order valence-electron chi connectivity index (χ3n) is 7.86. The lowest BCUT2D eigenvalue weighted by atomic mass is 10.0. The smallest absolute Gasteiger partial charge is 0.0700 e. The fourth-order valence-electron chi connectivity index (χ4n) is 5.07. The van der Waals surface area contributed by atoms with Crippen LogP contribution in [0.5, 0.6) is 0 Å². The monoisotopic (exact) mass is 688 g/mol. The van der Waals surface area contributed by atoms with E-state index in [0.717, 1.165) is 52.1 Å². The van der Waals surface area contributed by atoms with Crippen molar-refractivity contribution in [2.45, 2.75) is 52.4 Å². The number of thiophene rings is 3. The van der Waals surface area contributed by atoms with Gasteiger partial charge in [0.05, 0.1) is 39.6 Å². The lowest BCUT2D eigenvalue weighted by molar-refractivity contribution is 0.0480. The highest BCUT2D eigenvalue weighted by Crippen LogP contribution is 2.38. The second kappa shape index (κ2) is 20.0. The van der Waals surface area contributed by atoms with Crippen LogP contribution in [0.3, 0.4) is 0 Å². The van der Waals surface area contributed by atoms with Gasteiger partial charge in [-0.3, -0.25) is 0 Å². The van der Waals surface area contributed by atoms with Gasteiger partial charge in [-0.2, -0.15) is 0 Å². The molecule has 3 heterocycles. The summed E-state index contributed by atoms with van der Waals surface area (Å²) in [7, 11) is 0. The second-order valence-electron chi connectivity index (χ2n) is 11.5. The van der Waals surface area contributed by atoms with Crippen molar-refractivity contribution in [1.29, 1.82) is 0 Å². The average Bonchev–Trinajstić information content (AvgIpc) is 3.89. The summed E-state index contributed by atoms with van der Waals surface area (Å²) in [5.41, 5.74) is 4.98. The van der Waals surface area contributed by atoms with Crippen molar-refractivity contribution < 1.29 is 18.9 Å². The largest absolute Gasteiger partial charge is 0.379 e. The molecule has 0 saturated heterocycles. The van der Waals surface area contributed by atoms with Gasteiger partial charge in [0.15, 0.2) is 0 Å². The number of unbranched alkanes of at least 4 members (excludes halogenated alkanes) is 2. The van der Waals surface area contributed by atoms with Gasteiger partial charge in [-0.25, -0.2) is 0 Å². The van der Waals surface area contributed by atoms with E-state index in [2.05, 4.69) is 98.8 Å². The van der Waals surface area contributed by atoms with E-state index in [0.29, 0.717) is 26.4 Å². The van der Waals surface area contributed by atoms with Crippen LogP contribution in [-0.4, -0.2) is 52.9 Å². The summed E-state index contributed by atoms with van der Waals surface area (Å²) in [6.07, 6.45) is 6.46. The zero-order valence-corrected chi connectivity index (χ0v) is 30.3. The van der Waals surface area contributed by atoms with Gasteiger partial charge in [0.25, 0.3) is 0 Å². The normalized spacial score (nSPS) is 11.4. The Morgan fingerprint density at radius 1 is 0.362 bits per heavy atom. The standard InChI is InChI=1S/C40H48O4S3/c1-3-5-23-41-27-29-43-25-21-35-15-17-37(45-35)33-11-7-31(8-12-33)32-9-13-34(14-10-32)38-19-20-40(47-38)39-18-16-36(46-39)22-26-44-30-28-42-24-6-4-2/h7-20H,3-6,21-30H2,1-2H3. The van der Waals surface area contributed by atoms with Crippen molar-refractivity contribution in [3.63, 3.8) is 0 Å². The third kappa shape index (κ3) is 11.5. The zero-order valence-electron chi connectivity index (χ0n) is 27.8. The van der Waals surface area contributed by atoms with E-state index in [9.17, 15) is 0 Å². The first-order chi connectivity index (χ1) is 23.2. The Kier molecular flexibility index (Phi) is 15.2. The van der Waals surface area contributed by atoms with Crippen LogP contribution in [0, 0.1) is 0 Å². The topological polar surface area (TPSA) is 36.9 Å². The summed E-state index contributed by atoms with van der Waals surface area (Å²) in [5.74, 6) is 0. The van der Waals surface area contributed by atoms with Gasteiger partial charge in [0.1, 0.15) is 0 Å². The van der Waals surface area contributed by atoms with Crippen molar-refractivity contribution in [1.82, 2.24) is 0 Å². The van der Waals surface area contributed by atoms with Gasteiger partial charge < -0.3 is 18.9 Å². The molecule has 0 fully saturated rings. The maximum atomic E-state index is 5.77. The first-order valence-electron chi connectivity index (χ1n) is 17.0. The van der Waals surface area contributed by atoms with Gasteiger partial charge in [-0.15, -0.1) is 34.0 Å². The first kappa shape index (κ1) is 35.7. The Morgan fingerprint density at radius 2 is 0.723 bits per heavy atom. The molecule has 0 N–H and O–H groups in total. The molecule has 0 unspecified atom stereocenters. The minimum Gasteiger partial charge on any atom is -0.379 e. The average molecular weight is 689 g/mol. The molecule has 0 aliphatic heterocycles. The van der Waals surface area contributed by atoms with Gasteiger partial charge in [-0.1, -0.05) is 75.2 Å². The van der Waals surface area contributed by atoms with E-state index in [-0.39, 0.29) is 0 Å². The van der Waals surface area contributed by atoms with Gasteiger partial charge >= 0.3 is 0 Å². The van der Waals surface area contributed by atoms with E-state index in [4.69, 9.17) is 18.9 Å². The molecule has 250 valence electrons. The van der Waals surface area contributed by atoms with Crippen LogP contribution in [0.1, 0.15) is 49.3 Å². The summed E-state index contributed by atoms with van der Waals surface area (Å²) < 4.78 is 22.7. The Morgan fingerprint density at radius 3 is 1.23 bits per heavy atom. The molecule has 0 aliphatic carbocycles. The summed E-state index contributed by atoms with van der Waals surface area (Å²) in [5, 5.41) is 0. The lowest BCUT2D eigenvalue weighted by Crippen LogP contribution is -2.07. The van der Waals surface area contributed by atoms with Gasteiger partial charge in [0, 0.05) is 55.3 Å². The molecule has 0 bridgehead atoms. The minimum absolute atomic E-state index is 0.669. The van der Waals surface area contributed by atoms with Crippen molar-refractivity contribution >= 4 is 34.0 Å². The van der Waals surface area contributed by atoms with Crippen LogP contribution < -0.4 is 0 Å². The lowest BCUT2D eigenvalue weighted by Gasteiger charge is -2.05. The van der Waals surface area contributed by atoms with E-state index in [1.54, 1.807) is 0 Å². The molecule has 0 spiro atoms. The summed E-state index contributed by atoms with van der Waals surface area (Å²) >= 11 is 5.58. The summed E-state index contributed by atoms with van der Waals surface area (Å²) in [6, 6.07) is 31.3. The number of hydrogen-bond donors (Lipinski definition) is 0. The molecule has 0 atom stereocenters. The maximum Gasteiger partial charge on any atom is 0.0700 e. The van der Waals surface area contributed by atoms with Crippen molar-refractivity contribution in [3.8, 4) is 41.8 Å². The molecule has 2 aromatic carbocycles. The molecule has 4 nitrogen and oxygen atoms in total. The van der Waals surface area contributed by atoms with E-state index < -0.39 is 0 Å². The van der Waals surface area contributed by atoms with Crippen LogP contribution in [-0.2, 0) is 31.8 Å². The third-order valence-corrected chi connectivity index (χ3v) is 11.5. The fraction of sp³-hybridized carbons (Fsp3) is 0.400. The Balaban J connectivity index is 1.07. The Bertz CT molecular complexity index is 1570. The predicted molar refractivity (Wildman–Crippen MR) is 202 cm³/mol. The van der Waals surface area contributed by atoms with Crippen molar-refractivity contribution in [2.75, 3.05) is 52.9 Å². The second-order valence-corrected chi connectivity index (χ2v) is 14.9. The highest BCUT2D eigenvalue weighted by atomic mass is 32.1. The molecule has 0 radical (unpaired) electrons. The maximum absolute atomic E-state index is 5.77. The van der Waals surface area contributed by atoms with Gasteiger partial charge in [0.2, 0.25) is 0 Å². The Hall–Kier alpha value is -2.62. The number of rotatable bonds is 22. The number of benzene rings is 2. The molecule has 7 heteroatoms. The molecular formula is C40H48O4S3. The summed E-state index contributed by atoms with van der Waals surface area (Å²) in [6.45, 7) is 10.2. The van der Waals surface area contributed by atoms with Crippen LogP contribution in [0.4, 0.5) is 0 Å². The molecule has 0 amide bonds. The SMILES string of the molecule is CCCCOCCOCCc1ccc(-c2ccc(-c3ccc(-c4ccc(-c5ccc(CCOCCOCCCC)s5)s4)cc3)cc2)s1. The number of hydrogen-bond acceptors (Lipinski definition) is 7. The van der Waals surface area contributed by atoms with Crippen molar-refractivity contribution in [3.05, 3.63) is 94.7 Å².